The fourth-order valence-electron chi connectivity index (χ4n) is 6.07. The third-order valence-corrected chi connectivity index (χ3v) is 8.02. The van der Waals surface area contributed by atoms with E-state index in [-0.39, 0.29) is 0 Å². The van der Waals surface area contributed by atoms with Gasteiger partial charge in [0.25, 0.3) is 0 Å². The molecule has 0 amide bonds. The summed E-state index contributed by atoms with van der Waals surface area (Å²) >= 11 is 0. The fraction of sp³-hybridized carbons (Fsp3) is 0.0256. The van der Waals surface area contributed by atoms with Crippen LogP contribution in [-0.4, -0.2) is 9.97 Å². The van der Waals surface area contributed by atoms with Gasteiger partial charge in [0.1, 0.15) is 11.5 Å². The lowest BCUT2D eigenvalue weighted by atomic mass is 9.93. The average molecular weight is 539 g/mol. The molecule has 0 atom stereocenters. The third kappa shape index (κ3) is 4.06. The first-order valence-corrected chi connectivity index (χ1v) is 14.2. The Morgan fingerprint density at radius 2 is 1.07 bits per heavy atom. The number of fused-ring (bicyclic) bond motifs is 5. The highest BCUT2D eigenvalue weighted by Crippen LogP contribution is 2.48. The van der Waals surface area contributed by atoms with E-state index in [2.05, 4.69) is 96.0 Å². The van der Waals surface area contributed by atoms with Gasteiger partial charge in [-0.3, -0.25) is 9.97 Å². The topological polar surface area (TPSA) is 35.0 Å². The van der Waals surface area contributed by atoms with E-state index < -0.39 is 0 Å². The van der Waals surface area contributed by atoms with Crippen molar-refractivity contribution in [2.45, 2.75) is 6.92 Å². The Morgan fingerprint density at radius 3 is 1.76 bits per heavy atom. The van der Waals surface area contributed by atoms with Crippen LogP contribution in [0.3, 0.4) is 0 Å². The van der Waals surface area contributed by atoms with Gasteiger partial charge in [0.2, 0.25) is 0 Å². The molecule has 3 nitrogen and oxygen atoms in total. The monoisotopic (exact) mass is 538 g/mol. The molecule has 8 rings (SSSR count). The molecule has 0 saturated carbocycles. The Kier molecular flexibility index (Phi) is 5.68. The summed E-state index contributed by atoms with van der Waals surface area (Å²) < 4.78 is 6.38. The zero-order valence-corrected chi connectivity index (χ0v) is 23.1. The largest absolute Gasteiger partial charge is 0.457 e. The summed E-state index contributed by atoms with van der Waals surface area (Å²) in [5.41, 5.74) is 12.4. The van der Waals surface area contributed by atoms with Crippen molar-refractivity contribution in [1.82, 2.24) is 9.97 Å². The highest BCUT2D eigenvalue weighted by Gasteiger charge is 2.22. The number of aromatic nitrogens is 2. The van der Waals surface area contributed by atoms with Crippen molar-refractivity contribution in [3.05, 3.63) is 145 Å². The smallest absolute Gasteiger partial charge is 0.128 e. The van der Waals surface area contributed by atoms with Crippen LogP contribution in [0.2, 0.25) is 0 Å². The lowest BCUT2D eigenvalue weighted by molar-refractivity contribution is 0.483. The number of aryl methyl sites for hydroxylation is 1. The number of hydrogen-bond acceptors (Lipinski definition) is 3. The van der Waals surface area contributed by atoms with Gasteiger partial charge in [-0.1, -0.05) is 97.1 Å². The van der Waals surface area contributed by atoms with E-state index in [0.717, 1.165) is 50.5 Å². The van der Waals surface area contributed by atoms with Crippen molar-refractivity contribution < 1.29 is 4.74 Å². The molecule has 3 heteroatoms. The predicted molar refractivity (Wildman–Crippen MR) is 172 cm³/mol. The van der Waals surface area contributed by atoms with Crippen LogP contribution < -0.4 is 4.74 Å². The first-order valence-electron chi connectivity index (χ1n) is 14.2. The molecule has 0 N–H and O–H groups in total. The van der Waals surface area contributed by atoms with Gasteiger partial charge < -0.3 is 4.74 Å². The van der Waals surface area contributed by atoms with E-state index in [1.54, 1.807) is 0 Å². The number of hydrogen-bond donors (Lipinski definition) is 0. The summed E-state index contributed by atoms with van der Waals surface area (Å²) in [6.07, 6.45) is 3.93. The SMILES string of the molecule is Cc1ccc(-c2cccc(Oc3cccc(-c4ncc5c6c(cccc46)-c4ccccc4-c4ccccc4-5)c3)c2)nc1. The molecule has 0 bridgehead atoms. The number of pyridine rings is 2. The first-order chi connectivity index (χ1) is 20.7. The zero-order chi connectivity index (χ0) is 28.0. The molecule has 7 aromatic rings. The minimum atomic E-state index is 0.761. The predicted octanol–water partition coefficient (Wildman–Crippen LogP) is 10.4. The Morgan fingerprint density at radius 1 is 0.476 bits per heavy atom. The quantitative estimate of drug-likeness (QED) is 0.224. The van der Waals surface area contributed by atoms with Gasteiger partial charge in [0.05, 0.1) is 11.4 Å². The lowest BCUT2D eigenvalue weighted by Crippen LogP contribution is -1.92. The Balaban J connectivity index is 1.23. The molecule has 198 valence electrons. The van der Waals surface area contributed by atoms with Crippen molar-refractivity contribution in [2.24, 2.45) is 0 Å². The molecule has 0 saturated heterocycles. The minimum absolute atomic E-state index is 0.761. The van der Waals surface area contributed by atoms with Gasteiger partial charge >= 0.3 is 0 Å². The summed E-state index contributed by atoms with van der Waals surface area (Å²) in [5.74, 6) is 1.53. The van der Waals surface area contributed by atoms with E-state index in [1.807, 2.05) is 55.7 Å². The number of benzene rings is 5. The zero-order valence-electron chi connectivity index (χ0n) is 23.1. The van der Waals surface area contributed by atoms with Gasteiger partial charge in [-0.2, -0.15) is 0 Å². The maximum Gasteiger partial charge on any atom is 0.128 e. The van der Waals surface area contributed by atoms with Crippen molar-refractivity contribution in [2.75, 3.05) is 0 Å². The Bertz CT molecular complexity index is 2080. The Labute approximate surface area is 244 Å². The third-order valence-electron chi connectivity index (χ3n) is 8.02. The summed E-state index contributed by atoms with van der Waals surface area (Å²) in [5, 5.41) is 2.35. The second kappa shape index (κ2) is 9.83. The van der Waals surface area contributed by atoms with E-state index in [4.69, 9.17) is 9.72 Å². The summed E-state index contributed by atoms with van der Waals surface area (Å²) in [6, 6.07) is 44.3. The number of nitrogens with zero attached hydrogens (tertiary/aromatic N) is 2. The lowest BCUT2D eigenvalue weighted by Gasteiger charge is -2.14. The van der Waals surface area contributed by atoms with Crippen LogP contribution in [0.1, 0.15) is 5.56 Å². The standard InChI is InChI=1S/C39H26N2O/c1-25-19-20-37(40-23-25)26-9-6-11-28(21-26)42-29-12-7-10-27(22-29)39-35-18-8-17-34-32-15-4-2-13-30(32)31-14-3-5-16-33(31)36(24-41-39)38(34)35/h2-24H,1H3. The van der Waals surface area contributed by atoms with E-state index in [9.17, 15) is 0 Å². The fourth-order valence-corrected chi connectivity index (χ4v) is 6.07. The molecule has 0 spiro atoms. The van der Waals surface area contributed by atoms with Crippen LogP contribution in [-0.2, 0) is 0 Å². The van der Waals surface area contributed by atoms with Crippen LogP contribution in [0.25, 0.3) is 66.7 Å². The van der Waals surface area contributed by atoms with Crippen LogP contribution >= 0.6 is 0 Å². The molecule has 1 aliphatic carbocycles. The van der Waals surface area contributed by atoms with Crippen molar-refractivity contribution >= 4 is 10.8 Å². The molecule has 5 aromatic carbocycles. The van der Waals surface area contributed by atoms with E-state index in [0.29, 0.717) is 0 Å². The van der Waals surface area contributed by atoms with Gasteiger partial charge in [-0.15, -0.1) is 0 Å². The maximum absolute atomic E-state index is 6.38. The van der Waals surface area contributed by atoms with Crippen molar-refractivity contribution in [3.63, 3.8) is 0 Å². The molecule has 0 aliphatic heterocycles. The van der Waals surface area contributed by atoms with Gasteiger partial charge in [-0.25, -0.2) is 0 Å². The second-order valence-electron chi connectivity index (χ2n) is 10.7. The minimum Gasteiger partial charge on any atom is -0.457 e. The van der Waals surface area contributed by atoms with Crippen molar-refractivity contribution in [1.29, 1.82) is 0 Å². The molecule has 0 unspecified atom stereocenters. The normalized spacial score (nSPS) is 11.5. The summed E-state index contributed by atoms with van der Waals surface area (Å²) in [6.45, 7) is 2.04. The van der Waals surface area contributed by atoms with Crippen LogP contribution in [0.15, 0.2) is 140 Å². The molecule has 1 aliphatic rings. The van der Waals surface area contributed by atoms with Crippen LogP contribution in [0.4, 0.5) is 0 Å². The van der Waals surface area contributed by atoms with Crippen LogP contribution in [0, 0.1) is 6.92 Å². The molecule has 42 heavy (non-hydrogen) atoms. The first kappa shape index (κ1) is 24.3. The summed E-state index contributed by atoms with van der Waals surface area (Å²) in [7, 11) is 0. The molecule has 0 radical (unpaired) electrons. The molecule has 0 fully saturated rings. The molecule has 2 heterocycles. The highest BCUT2D eigenvalue weighted by molar-refractivity contribution is 6.15. The molecular formula is C39H26N2O. The van der Waals surface area contributed by atoms with E-state index in [1.165, 1.54) is 33.2 Å². The molecule has 2 aromatic heterocycles. The average Bonchev–Trinajstić information content (AvgIpc) is 3.16. The van der Waals surface area contributed by atoms with Gasteiger partial charge in [0.15, 0.2) is 0 Å². The number of ether oxygens (including phenoxy) is 1. The summed E-state index contributed by atoms with van der Waals surface area (Å²) in [4.78, 5) is 9.65. The van der Waals surface area contributed by atoms with Crippen LogP contribution in [0.5, 0.6) is 11.5 Å². The van der Waals surface area contributed by atoms with Gasteiger partial charge in [0, 0.05) is 39.9 Å². The second-order valence-corrected chi connectivity index (χ2v) is 10.7. The van der Waals surface area contributed by atoms with Crippen molar-refractivity contribution in [3.8, 4) is 67.4 Å². The number of rotatable bonds is 4. The van der Waals surface area contributed by atoms with Gasteiger partial charge in [-0.05, 0) is 70.6 Å². The molecular weight excluding hydrogens is 512 g/mol. The Hall–Kier alpha value is -5.54. The van der Waals surface area contributed by atoms with E-state index >= 15 is 0 Å². The maximum atomic E-state index is 6.38. The highest BCUT2D eigenvalue weighted by atomic mass is 16.5.